The topological polar surface area (TPSA) is 193 Å². The largest absolute Gasteiger partial charge is 0.488 e. The second-order valence-electron chi connectivity index (χ2n) is 16.3. The van der Waals surface area contributed by atoms with E-state index in [1.54, 1.807) is 29.1 Å². The number of aromatic amines is 2. The molecular formula is C48H50N8O8. The Kier molecular flexibility index (Phi) is 11.8. The smallest absolute Gasteiger partial charge is 0.407 e. The molecule has 0 unspecified atom stereocenters. The molecule has 6 aromatic rings. The molecule has 4 aromatic carbocycles. The number of methoxy groups -OCH3 is 3. The van der Waals surface area contributed by atoms with E-state index in [0.29, 0.717) is 36.9 Å². The molecule has 16 heteroatoms. The van der Waals surface area contributed by atoms with Gasteiger partial charge in [-0.1, -0.05) is 60.7 Å². The first-order valence-corrected chi connectivity index (χ1v) is 21.5. The van der Waals surface area contributed by atoms with Crippen LogP contribution in [0.2, 0.25) is 0 Å². The predicted octanol–water partition coefficient (Wildman–Crippen LogP) is 7.36. The lowest BCUT2D eigenvalue weighted by atomic mass is 9.92. The lowest BCUT2D eigenvalue weighted by Crippen LogP contribution is -2.54. The summed E-state index contributed by atoms with van der Waals surface area (Å²) >= 11 is 0. The molecule has 330 valence electrons. The summed E-state index contributed by atoms with van der Waals surface area (Å²) in [5.41, 5.74) is 7.35. The second-order valence-corrected chi connectivity index (χ2v) is 16.3. The number of hydrogen-bond acceptors (Lipinski definition) is 10. The molecule has 2 saturated heterocycles. The van der Waals surface area contributed by atoms with Crippen LogP contribution >= 0.6 is 0 Å². The lowest BCUT2D eigenvalue weighted by molar-refractivity contribution is -0.137. The van der Waals surface area contributed by atoms with Gasteiger partial charge in [0.25, 0.3) is 5.91 Å². The highest BCUT2D eigenvalue weighted by atomic mass is 16.5. The van der Waals surface area contributed by atoms with Gasteiger partial charge in [-0.25, -0.2) is 19.6 Å². The van der Waals surface area contributed by atoms with Gasteiger partial charge >= 0.3 is 12.2 Å². The van der Waals surface area contributed by atoms with Gasteiger partial charge in [-0.15, -0.1) is 0 Å². The lowest BCUT2D eigenvalue weighted by Gasteiger charge is -2.30. The zero-order chi connectivity index (χ0) is 44.5. The summed E-state index contributed by atoms with van der Waals surface area (Å²) in [6, 6.07) is 23.5. The fourth-order valence-corrected chi connectivity index (χ4v) is 9.22. The summed E-state index contributed by atoms with van der Waals surface area (Å²) in [7, 11) is 4.04. The van der Waals surface area contributed by atoms with Crippen LogP contribution in [-0.4, -0.2) is 100 Å². The van der Waals surface area contributed by atoms with Crippen LogP contribution in [0.4, 0.5) is 9.59 Å². The van der Waals surface area contributed by atoms with Crippen molar-refractivity contribution in [1.82, 2.24) is 40.4 Å². The number of carbonyl (C=O) groups excluding carboxylic acids is 4. The number of aromatic nitrogens is 4. The number of carbonyl (C=O) groups is 4. The van der Waals surface area contributed by atoms with E-state index in [0.717, 1.165) is 81.4 Å². The minimum absolute atomic E-state index is 0.221. The van der Waals surface area contributed by atoms with Crippen molar-refractivity contribution in [3.63, 3.8) is 0 Å². The quantitative estimate of drug-likeness (QED) is 0.102. The number of nitrogens with one attached hydrogen (secondary N) is 4. The first-order chi connectivity index (χ1) is 31.1. The van der Waals surface area contributed by atoms with Crippen LogP contribution in [0, 0.1) is 0 Å². The van der Waals surface area contributed by atoms with Crippen LogP contribution in [0.3, 0.4) is 0 Å². The number of rotatable bonds is 11. The van der Waals surface area contributed by atoms with Crippen molar-refractivity contribution >= 4 is 34.8 Å². The van der Waals surface area contributed by atoms with Gasteiger partial charge in [0.2, 0.25) is 5.91 Å². The summed E-state index contributed by atoms with van der Waals surface area (Å²) in [4.78, 5) is 72.1. The van der Waals surface area contributed by atoms with Gasteiger partial charge in [0, 0.05) is 36.7 Å². The molecule has 0 aliphatic carbocycles. The third kappa shape index (κ3) is 8.00. The maximum Gasteiger partial charge on any atom is 0.407 e. The maximum absolute atomic E-state index is 14.0. The molecule has 0 spiro atoms. The Morgan fingerprint density at radius 3 is 2.00 bits per heavy atom. The average Bonchev–Trinajstić information content (AvgIpc) is 4.19. The zero-order valence-electron chi connectivity index (χ0n) is 36.1. The van der Waals surface area contributed by atoms with Gasteiger partial charge in [-0.2, -0.15) is 0 Å². The normalized spacial score (nSPS) is 18.1. The number of hydrogen-bond donors (Lipinski definition) is 4. The minimum atomic E-state index is -0.909. The monoisotopic (exact) mass is 866 g/mol. The summed E-state index contributed by atoms with van der Waals surface area (Å²) in [6.45, 7) is 3.19. The standard InChI is InChI=1S/C48H50N8O8/c1-27(61-2)40(53-47(59)62-3)45(57)55-20-8-12-38(55)43-50-25-37(52-43)31-15-17-33-32(23-31)26-64-42-34-18-16-30(22-29(34)14-19-35(33)42)36-24-49-44(51-36)39-13-9-21-56(39)46(58)41(54-48(60)63-4)28-10-6-5-7-11-28/h5-7,10-11,14-19,22-25,27,38-41H,8-9,12-13,20-21,26H2,1-4H3,(H,49,51)(H,50,52)(H,53,59)(H,54,60)/t27-,38+,39+,40+,41-/m1/s1. The molecule has 4 amide bonds. The molecule has 0 saturated carbocycles. The molecule has 16 nitrogen and oxygen atoms in total. The highest BCUT2D eigenvalue weighted by Crippen LogP contribution is 2.44. The summed E-state index contributed by atoms with van der Waals surface area (Å²) < 4.78 is 21.5. The number of nitrogens with zero attached hydrogens (tertiary/aromatic N) is 4. The third-order valence-corrected chi connectivity index (χ3v) is 12.6. The fraction of sp³-hybridized carbons (Fsp3) is 0.333. The van der Waals surface area contributed by atoms with E-state index in [1.165, 1.54) is 21.3 Å². The molecule has 5 heterocycles. The highest BCUT2D eigenvalue weighted by Gasteiger charge is 2.39. The molecule has 64 heavy (non-hydrogen) atoms. The highest BCUT2D eigenvalue weighted by molar-refractivity contribution is 5.98. The number of alkyl carbamates (subject to hydrolysis) is 2. The Bertz CT molecular complexity index is 2720. The van der Waals surface area contributed by atoms with Gasteiger partial charge in [0.1, 0.15) is 36.1 Å². The molecule has 2 fully saturated rings. The molecule has 2 aromatic heterocycles. The molecule has 3 aliphatic heterocycles. The molecule has 3 aliphatic rings. The SMILES string of the molecule is COC(=O)N[C@H](C(=O)N1CCC[C@H]1c1ncc(-c2ccc3c(c2)COc2c-3ccc3cc(-c4cnc([C@@H]5CCCN5C(=O)[C@H](NC(=O)OC)c5ccccc5)[nH]4)ccc23)[nH]1)[C@@H](C)OC. The summed E-state index contributed by atoms with van der Waals surface area (Å²) in [6.07, 6.45) is 4.73. The van der Waals surface area contributed by atoms with E-state index in [9.17, 15) is 19.2 Å². The fourth-order valence-electron chi connectivity index (χ4n) is 9.22. The Morgan fingerprint density at radius 2 is 1.34 bits per heavy atom. The van der Waals surface area contributed by atoms with Crippen molar-refractivity contribution in [3.8, 4) is 39.4 Å². The van der Waals surface area contributed by atoms with Crippen molar-refractivity contribution in [2.75, 3.05) is 34.4 Å². The van der Waals surface area contributed by atoms with E-state index >= 15 is 0 Å². The molecule has 9 rings (SSSR count). The minimum Gasteiger partial charge on any atom is -0.488 e. The zero-order valence-corrected chi connectivity index (χ0v) is 36.1. The van der Waals surface area contributed by atoms with Crippen molar-refractivity contribution in [3.05, 3.63) is 114 Å². The molecule has 0 bridgehead atoms. The van der Waals surface area contributed by atoms with Gasteiger partial charge in [0.05, 0.1) is 56.2 Å². The van der Waals surface area contributed by atoms with Gasteiger partial charge in [0.15, 0.2) is 0 Å². The van der Waals surface area contributed by atoms with Crippen molar-refractivity contribution in [2.24, 2.45) is 0 Å². The number of amides is 4. The number of benzene rings is 4. The predicted molar refractivity (Wildman–Crippen MR) is 237 cm³/mol. The van der Waals surface area contributed by atoms with Crippen LogP contribution in [0.1, 0.15) is 73.5 Å². The van der Waals surface area contributed by atoms with Gasteiger partial charge in [-0.3, -0.25) is 9.59 Å². The number of H-pyrrole nitrogens is 2. The number of fused-ring (bicyclic) bond motifs is 5. The molecule has 5 atom stereocenters. The van der Waals surface area contributed by atoms with Gasteiger partial charge in [-0.05, 0) is 78.4 Å². The molecule has 0 radical (unpaired) electrons. The summed E-state index contributed by atoms with van der Waals surface area (Å²) in [5, 5.41) is 7.36. The molecule has 4 N–H and O–H groups in total. The Balaban J connectivity index is 0.912. The van der Waals surface area contributed by atoms with Gasteiger partial charge < -0.3 is 49.3 Å². The van der Waals surface area contributed by atoms with Crippen molar-refractivity contribution < 1.29 is 38.1 Å². The Labute approximate surface area is 369 Å². The first kappa shape index (κ1) is 42.1. The Hall–Kier alpha value is -7.20. The van der Waals surface area contributed by atoms with Crippen LogP contribution < -0.4 is 15.4 Å². The molecular weight excluding hydrogens is 817 g/mol. The number of imidazole rings is 2. The van der Waals surface area contributed by atoms with E-state index < -0.39 is 30.4 Å². The van der Waals surface area contributed by atoms with Crippen molar-refractivity contribution in [1.29, 1.82) is 0 Å². The first-order valence-electron chi connectivity index (χ1n) is 21.5. The van der Waals surface area contributed by atoms with E-state index in [4.69, 9.17) is 28.9 Å². The van der Waals surface area contributed by atoms with Crippen molar-refractivity contribution in [2.45, 2.75) is 69.5 Å². The second kappa shape index (κ2) is 17.9. The van der Waals surface area contributed by atoms with E-state index in [1.807, 2.05) is 36.4 Å². The van der Waals surface area contributed by atoms with Crippen LogP contribution in [-0.2, 0) is 30.4 Å². The van der Waals surface area contributed by atoms with Crippen LogP contribution in [0.25, 0.3) is 44.4 Å². The summed E-state index contributed by atoms with van der Waals surface area (Å²) in [5.74, 6) is 1.71. The number of likely N-dealkylation sites (tertiary alicyclic amines) is 2. The maximum atomic E-state index is 14.0. The Morgan fingerprint density at radius 1 is 0.734 bits per heavy atom. The van der Waals surface area contributed by atoms with Crippen LogP contribution in [0.15, 0.2) is 91.3 Å². The number of ether oxygens (including phenoxy) is 4. The average molecular weight is 867 g/mol. The van der Waals surface area contributed by atoms with E-state index in [-0.39, 0.29) is 23.9 Å². The van der Waals surface area contributed by atoms with E-state index in [2.05, 4.69) is 63.1 Å². The third-order valence-electron chi connectivity index (χ3n) is 12.6. The van der Waals surface area contributed by atoms with Crippen LogP contribution in [0.5, 0.6) is 5.75 Å².